The van der Waals surface area contributed by atoms with Crippen molar-refractivity contribution in [2.24, 2.45) is 0 Å². The van der Waals surface area contributed by atoms with Gasteiger partial charge in [-0.3, -0.25) is 4.79 Å². The van der Waals surface area contributed by atoms with Crippen molar-refractivity contribution in [1.82, 2.24) is 4.98 Å². The zero-order chi connectivity index (χ0) is 13.7. The van der Waals surface area contributed by atoms with Crippen molar-refractivity contribution in [3.63, 3.8) is 0 Å². The SMILES string of the molecule is CCOC(=O)Cc1cc(Br)nc(OC)c1C(F)F. The molecule has 0 aliphatic rings. The van der Waals surface area contributed by atoms with Gasteiger partial charge in [-0.2, -0.15) is 0 Å². The summed E-state index contributed by atoms with van der Waals surface area (Å²) in [5.74, 6) is -0.766. The van der Waals surface area contributed by atoms with Crippen LogP contribution in [0.2, 0.25) is 0 Å². The van der Waals surface area contributed by atoms with E-state index in [-0.39, 0.29) is 30.0 Å². The topological polar surface area (TPSA) is 48.4 Å². The van der Waals surface area contributed by atoms with Gasteiger partial charge < -0.3 is 9.47 Å². The normalized spacial score (nSPS) is 10.6. The Balaban J connectivity index is 3.15. The molecule has 100 valence electrons. The molecule has 0 aliphatic carbocycles. The second kappa shape index (κ2) is 6.63. The summed E-state index contributed by atoms with van der Waals surface area (Å²) in [6.07, 6.45) is -3.02. The lowest BCUT2D eigenvalue weighted by Crippen LogP contribution is -2.11. The molecule has 1 heterocycles. The number of pyridine rings is 1. The second-order valence-corrected chi connectivity index (χ2v) is 4.12. The number of esters is 1. The highest BCUT2D eigenvalue weighted by Crippen LogP contribution is 2.33. The molecule has 4 nitrogen and oxygen atoms in total. The molecule has 0 unspecified atom stereocenters. The highest BCUT2D eigenvalue weighted by atomic mass is 79.9. The van der Waals surface area contributed by atoms with Gasteiger partial charge in [0.25, 0.3) is 6.43 Å². The zero-order valence-electron chi connectivity index (χ0n) is 9.87. The largest absolute Gasteiger partial charge is 0.481 e. The summed E-state index contributed by atoms with van der Waals surface area (Å²) in [5.41, 5.74) is -0.240. The second-order valence-electron chi connectivity index (χ2n) is 3.31. The van der Waals surface area contributed by atoms with E-state index in [0.29, 0.717) is 4.60 Å². The number of alkyl halides is 2. The molecular weight excluding hydrogens is 312 g/mol. The smallest absolute Gasteiger partial charge is 0.310 e. The quantitative estimate of drug-likeness (QED) is 0.617. The van der Waals surface area contributed by atoms with Crippen LogP contribution < -0.4 is 4.74 Å². The van der Waals surface area contributed by atoms with Crippen molar-refractivity contribution in [3.8, 4) is 5.88 Å². The number of aromatic nitrogens is 1. The van der Waals surface area contributed by atoms with Gasteiger partial charge in [0.05, 0.1) is 25.7 Å². The molecule has 0 atom stereocenters. The summed E-state index contributed by atoms with van der Waals surface area (Å²) in [4.78, 5) is 15.1. The first kappa shape index (κ1) is 14.8. The monoisotopic (exact) mass is 323 g/mol. The minimum Gasteiger partial charge on any atom is -0.481 e. The summed E-state index contributed by atoms with van der Waals surface area (Å²) in [6.45, 7) is 1.85. The number of carbonyl (C=O) groups is 1. The lowest BCUT2D eigenvalue weighted by atomic mass is 10.1. The first-order chi connectivity index (χ1) is 8.49. The Morgan fingerprint density at radius 1 is 1.56 bits per heavy atom. The number of hydrogen-bond acceptors (Lipinski definition) is 4. The molecule has 0 fully saturated rings. The molecule has 1 aromatic heterocycles. The minimum absolute atomic E-state index is 0.141. The first-order valence-electron chi connectivity index (χ1n) is 5.16. The molecule has 0 spiro atoms. The molecule has 0 bridgehead atoms. The predicted octanol–water partition coefficient (Wildman–Crippen LogP) is 2.90. The van der Waals surface area contributed by atoms with Gasteiger partial charge in [0.1, 0.15) is 4.60 Å². The van der Waals surface area contributed by atoms with Crippen LogP contribution in [0.25, 0.3) is 0 Å². The Kier molecular flexibility index (Phi) is 5.46. The Bertz CT molecular complexity index is 441. The Morgan fingerprint density at radius 3 is 2.72 bits per heavy atom. The average molecular weight is 324 g/mol. The van der Waals surface area contributed by atoms with E-state index >= 15 is 0 Å². The van der Waals surface area contributed by atoms with Gasteiger partial charge in [0.2, 0.25) is 5.88 Å². The number of methoxy groups -OCH3 is 1. The van der Waals surface area contributed by atoms with E-state index in [1.165, 1.54) is 13.2 Å². The van der Waals surface area contributed by atoms with Gasteiger partial charge in [-0.15, -0.1) is 0 Å². The van der Waals surface area contributed by atoms with Crippen molar-refractivity contribution in [2.75, 3.05) is 13.7 Å². The fraction of sp³-hybridized carbons (Fsp3) is 0.455. The van der Waals surface area contributed by atoms with Gasteiger partial charge >= 0.3 is 5.97 Å². The van der Waals surface area contributed by atoms with E-state index in [9.17, 15) is 13.6 Å². The molecule has 7 heteroatoms. The third kappa shape index (κ3) is 3.63. The summed E-state index contributed by atoms with van der Waals surface area (Å²) in [6, 6.07) is 1.36. The highest BCUT2D eigenvalue weighted by Gasteiger charge is 2.23. The highest BCUT2D eigenvalue weighted by molar-refractivity contribution is 9.10. The van der Waals surface area contributed by atoms with E-state index in [1.54, 1.807) is 6.92 Å². The number of hydrogen-bond donors (Lipinski definition) is 0. The zero-order valence-corrected chi connectivity index (χ0v) is 11.5. The molecule has 0 amide bonds. The molecule has 0 radical (unpaired) electrons. The van der Waals surface area contributed by atoms with Gasteiger partial charge in [-0.1, -0.05) is 0 Å². The van der Waals surface area contributed by atoms with Crippen LogP contribution >= 0.6 is 15.9 Å². The molecule has 0 saturated carbocycles. The summed E-state index contributed by atoms with van der Waals surface area (Å²) in [7, 11) is 1.24. The summed E-state index contributed by atoms with van der Waals surface area (Å²) < 4.78 is 35.8. The predicted molar refractivity (Wildman–Crippen MR) is 63.8 cm³/mol. The standard InChI is InChI=1S/C11H12BrF2NO3/c1-3-18-8(16)5-6-4-7(12)15-11(17-2)9(6)10(13)14/h4,10H,3,5H2,1-2H3. The minimum atomic E-state index is -2.77. The van der Waals surface area contributed by atoms with Crippen molar-refractivity contribution in [1.29, 1.82) is 0 Å². The Hall–Kier alpha value is -1.24. The van der Waals surface area contributed by atoms with E-state index in [4.69, 9.17) is 9.47 Å². The van der Waals surface area contributed by atoms with Gasteiger partial charge in [-0.25, -0.2) is 13.8 Å². The molecule has 0 aromatic carbocycles. The number of ether oxygens (including phenoxy) is 2. The van der Waals surface area contributed by atoms with Crippen LogP contribution in [0.5, 0.6) is 5.88 Å². The molecule has 18 heavy (non-hydrogen) atoms. The number of rotatable bonds is 5. The van der Waals surface area contributed by atoms with Gasteiger partial charge in [0.15, 0.2) is 0 Å². The molecule has 0 N–H and O–H groups in total. The van der Waals surface area contributed by atoms with Crippen LogP contribution in [-0.4, -0.2) is 24.7 Å². The van der Waals surface area contributed by atoms with Crippen LogP contribution in [0.1, 0.15) is 24.5 Å². The molecule has 1 rings (SSSR count). The molecular formula is C11H12BrF2NO3. The fourth-order valence-electron chi connectivity index (χ4n) is 1.45. The fourth-order valence-corrected chi connectivity index (χ4v) is 1.89. The molecule has 0 saturated heterocycles. The van der Waals surface area contributed by atoms with Crippen LogP contribution in [0, 0.1) is 0 Å². The van der Waals surface area contributed by atoms with E-state index in [1.807, 2.05) is 0 Å². The number of nitrogens with zero attached hydrogens (tertiary/aromatic N) is 1. The van der Waals surface area contributed by atoms with Crippen molar-refractivity contribution in [2.45, 2.75) is 19.8 Å². The summed E-state index contributed by atoms with van der Waals surface area (Å²) in [5, 5.41) is 0. The molecule has 0 aliphatic heterocycles. The maximum absolute atomic E-state index is 13.0. The molecule has 1 aromatic rings. The third-order valence-corrected chi connectivity index (χ3v) is 2.54. The third-order valence-electron chi connectivity index (χ3n) is 2.13. The van der Waals surface area contributed by atoms with Crippen molar-refractivity contribution < 1.29 is 23.0 Å². The van der Waals surface area contributed by atoms with E-state index in [0.717, 1.165) is 0 Å². The van der Waals surface area contributed by atoms with Crippen molar-refractivity contribution >= 4 is 21.9 Å². The lowest BCUT2D eigenvalue weighted by Gasteiger charge is -2.12. The van der Waals surface area contributed by atoms with E-state index < -0.39 is 12.4 Å². The maximum Gasteiger partial charge on any atom is 0.310 e. The van der Waals surface area contributed by atoms with Gasteiger partial charge in [0, 0.05) is 0 Å². The Morgan fingerprint density at radius 2 is 2.22 bits per heavy atom. The summed E-state index contributed by atoms with van der Waals surface area (Å²) >= 11 is 3.08. The lowest BCUT2D eigenvalue weighted by molar-refractivity contribution is -0.142. The van der Waals surface area contributed by atoms with Gasteiger partial charge in [-0.05, 0) is 34.5 Å². The number of carbonyl (C=O) groups excluding carboxylic acids is 1. The maximum atomic E-state index is 13.0. The van der Waals surface area contributed by atoms with Crippen LogP contribution in [-0.2, 0) is 16.0 Å². The number of halogens is 3. The van der Waals surface area contributed by atoms with Crippen LogP contribution in [0.4, 0.5) is 8.78 Å². The average Bonchev–Trinajstić information content (AvgIpc) is 2.27. The first-order valence-corrected chi connectivity index (χ1v) is 5.96. The van der Waals surface area contributed by atoms with Crippen LogP contribution in [0.3, 0.4) is 0 Å². The van der Waals surface area contributed by atoms with Crippen molar-refractivity contribution in [3.05, 3.63) is 21.8 Å². The van der Waals surface area contributed by atoms with Crippen LogP contribution in [0.15, 0.2) is 10.7 Å². The van der Waals surface area contributed by atoms with E-state index in [2.05, 4.69) is 20.9 Å². The Labute approximate surface area is 111 Å².